The van der Waals surface area contributed by atoms with Crippen molar-refractivity contribution in [1.82, 2.24) is 15.1 Å². The van der Waals surface area contributed by atoms with Gasteiger partial charge in [-0.2, -0.15) is 0 Å². The lowest BCUT2D eigenvalue weighted by Gasteiger charge is -2.32. The highest BCUT2D eigenvalue weighted by molar-refractivity contribution is 6.21. The quantitative estimate of drug-likeness (QED) is 0.668. The highest BCUT2D eigenvalue weighted by Crippen LogP contribution is 2.22. The zero-order valence-electron chi connectivity index (χ0n) is 17.8. The summed E-state index contributed by atoms with van der Waals surface area (Å²) in [5.41, 5.74) is 2.23. The molecule has 6 heteroatoms. The average Bonchev–Trinajstić information content (AvgIpc) is 3.04. The molecule has 1 N–H and O–H groups in total. The lowest BCUT2D eigenvalue weighted by atomic mass is 9.97. The van der Waals surface area contributed by atoms with E-state index in [-0.39, 0.29) is 24.3 Å². The molecule has 6 nitrogen and oxygen atoms in total. The van der Waals surface area contributed by atoms with E-state index < -0.39 is 0 Å². The molecule has 0 aromatic heterocycles. The van der Waals surface area contributed by atoms with Crippen LogP contribution in [0, 0.1) is 5.92 Å². The second-order valence-electron chi connectivity index (χ2n) is 8.44. The van der Waals surface area contributed by atoms with Crippen LogP contribution in [0.15, 0.2) is 54.6 Å². The second-order valence-corrected chi connectivity index (χ2v) is 8.44. The highest BCUT2D eigenvalue weighted by atomic mass is 16.2. The van der Waals surface area contributed by atoms with Crippen molar-refractivity contribution in [3.05, 3.63) is 71.3 Å². The summed E-state index contributed by atoms with van der Waals surface area (Å²) in [5.74, 6) is -0.0853. The van der Waals surface area contributed by atoms with E-state index in [2.05, 4.69) is 34.5 Å². The molecule has 0 aliphatic carbocycles. The van der Waals surface area contributed by atoms with Crippen LogP contribution >= 0.6 is 0 Å². The molecule has 1 unspecified atom stereocenters. The number of piperidine rings is 1. The normalized spacial score (nSPS) is 18.8. The fraction of sp³-hybridized carbons (Fsp3) is 0.400. The molecule has 0 saturated carbocycles. The molecule has 31 heavy (non-hydrogen) atoms. The summed E-state index contributed by atoms with van der Waals surface area (Å²) in [6.07, 6.45) is 3.06. The first-order valence-electron chi connectivity index (χ1n) is 11.1. The van der Waals surface area contributed by atoms with E-state index >= 15 is 0 Å². The molecular weight excluding hydrogens is 390 g/mol. The first kappa shape index (κ1) is 21.2. The van der Waals surface area contributed by atoms with Gasteiger partial charge in [-0.3, -0.25) is 24.2 Å². The number of rotatable bonds is 8. The molecule has 0 bridgehead atoms. The number of carbonyl (C=O) groups excluding carboxylic acids is 3. The molecule has 2 aliphatic rings. The van der Waals surface area contributed by atoms with Gasteiger partial charge in [0.2, 0.25) is 5.91 Å². The first-order valence-corrected chi connectivity index (χ1v) is 11.1. The summed E-state index contributed by atoms with van der Waals surface area (Å²) in [6, 6.07) is 17.3. The smallest absolute Gasteiger partial charge is 0.261 e. The summed E-state index contributed by atoms with van der Waals surface area (Å²) in [6.45, 7) is 3.99. The monoisotopic (exact) mass is 419 g/mol. The van der Waals surface area contributed by atoms with Crippen LogP contribution in [0.4, 0.5) is 0 Å². The molecule has 2 aromatic carbocycles. The molecule has 4 rings (SSSR count). The van der Waals surface area contributed by atoms with E-state index in [4.69, 9.17) is 0 Å². The van der Waals surface area contributed by atoms with Crippen molar-refractivity contribution >= 4 is 17.7 Å². The Bertz CT molecular complexity index is 909. The second kappa shape index (κ2) is 9.88. The van der Waals surface area contributed by atoms with Gasteiger partial charge >= 0.3 is 0 Å². The minimum Gasteiger partial charge on any atom is -0.356 e. The molecule has 0 radical (unpaired) electrons. The minimum absolute atomic E-state index is 0.0169. The average molecular weight is 420 g/mol. The van der Waals surface area contributed by atoms with Gasteiger partial charge in [-0.05, 0) is 49.4 Å². The van der Waals surface area contributed by atoms with Crippen molar-refractivity contribution in [1.29, 1.82) is 0 Å². The van der Waals surface area contributed by atoms with Gasteiger partial charge in [-0.15, -0.1) is 0 Å². The van der Waals surface area contributed by atoms with Gasteiger partial charge in [-0.1, -0.05) is 42.5 Å². The number of nitrogens with zero attached hydrogens (tertiary/aromatic N) is 2. The summed E-state index contributed by atoms with van der Waals surface area (Å²) in [7, 11) is 0. The van der Waals surface area contributed by atoms with Crippen LogP contribution in [-0.4, -0.2) is 53.7 Å². The molecule has 2 aromatic rings. The predicted molar refractivity (Wildman–Crippen MR) is 118 cm³/mol. The number of hydrogen-bond acceptors (Lipinski definition) is 4. The summed E-state index contributed by atoms with van der Waals surface area (Å²) in [5, 5.41) is 3.05. The van der Waals surface area contributed by atoms with E-state index in [0.717, 1.165) is 32.5 Å². The number of nitrogens with one attached hydrogen (secondary N) is 1. The summed E-state index contributed by atoms with van der Waals surface area (Å²) >= 11 is 0. The Labute approximate surface area is 183 Å². The van der Waals surface area contributed by atoms with Gasteiger partial charge in [0.1, 0.15) is 0 Å². The number of benzene rings is 2. The van der Waals surface area contributed by atoms with Gasteiger partial charge in [-0.25, -0.2) is 0 Å². The molecule has 1 atom stereocenters. The summed E-state index contributed by atoms with van der Waals surface area (Å²) in [4.78, 5) is 40.8. The number of hydrogen-bond donors (Lipinski definition) is 1. The third-order valence-electron chi connectivity index (χ3n) is 6.10. The minimum atomic E-state index is -0.262. The maximum Gasteiger partial charge on any atom is 0.261 e. The zero-order chi connectivity index (χ0) is 21.6. The van der Waals surface area contributed by atoms with Gasteiger partial charge in [0.05, 0.1) is 11.1 Å². The van der Waals surface area contributed by atoms with Crippen LogP contribution < -0.4 is 5.32 Å². The Morgan fingerprint density at radius 3 is 2.35 bits per heavy atom. The third kappa shape index (κ3) is 5.20. The maximum atomic E-state index is 12.4. The topological polar surface area (TPSA) is 69.7 Å². The Morgan fingerprint density at radius 1 is 0.968 bits per heavy atom. The Hall–Kier alpha value is -2.99. The largest absolute Gasteiger partial charge is 0.356 e. The van der Waals surface area contributed by atoms with Crippen LogP contribution in [0.1, 0.15) is 52.0 Å². The zero-order valence-corrected chi connectivity index (χ0v) is 17.8. The van der Waals surface area contributed by atoms with E-state index in [1.165, 1.54) is 10.5 Å². The molecule has 3 amide bonds. The van der Waals surface area contributed by atoms with E-state index in [0.29, 0.717) is 36.4 Å². The Morgan fingerprint density at radius 2 is 1.65 bits per heavy atom. The number of fused-ring (bicyclic) bond motifs is 1. The van der Waals surface area contributed by atoms with Gasteiger partial charge in [0.15, 0.2) is 0 Å². The van der Waals surface area contributed by atoms with E-state index in [9.17, 15) is 14.4 Å². The SMILES string of the molecule is O=C(CCCN1C(=O)c2ccccc2C1=O)NCC1CCCN(Cc2ccccc2)C1. The van der Waals surface area contributed by atoms with Crippen molar-refractivity contribution in [2.75, 3.05) is 26.2 Å². The van der Waals surface area contributed by atoms with Crippen LogP contribution in [-0.2, 0) is 11.3 Å². The molecule has 1 fully saturated rings. The Kier molecular flexibility index (Phi) is 6.77. The maximum absolute atomic E-state index is 12.4. The number of likely N-dealkylation sites (tertiary alicyclic amines) is 1. The lowest BCUT2D eigenvalue weighted by molar-refractivity contribution is -0.121. The fourth-order valence-corrected chi connectivity index (χ4v) is 4.49. The van der Waals surface area contributed by atoms with E-state index in [1.54, 1.807) is 24.3 Å². The fourth-order valence-electron chi connectivity index (χ4n) is 4.49. The number of carbonyl (C=O) groups is 3. The molecule has 162 valence electrons. The third-order valence-corrected chi connectivity index (χ3v) is 6.10. The van der Waals surface area contributed by atoms with Crippen LogP contribution in [0.5, 0.6) is 0 Å². The standard InChI is InChI=1S/C25H29N3O3/c29-23(13-7-15-28-24(30)21-11-4-5-12-22(21)25(28)31)26-16-20-10-6-14-27(18-20)17-19-8-2-1-3-9-19/h1-5,8-9,11-12,20H,6-7,10,13-18H2,(H,26,29). The van der Waals surface area contributed by atoms with Crippen LogP contribution in [0.2, 0.25) is 0 Å². The highest BCUT2D eigenvalue weighted by Gasteiger charge is 2.34. The molecule has 2 heterocycles. The van der Waals surface area contributed by atoms with Crippen molar-refractivity contribution in [3.8, 4) is 0 Å². The van der Waals surface area contributed by atoms with Crippen molar-refractivity contribution in [3.63, 3.8) is 0 Å². The van der Waals surface area contributed by atoms with Crippen LogP contribution in [0.25, 0.3) is 0 Å². The molecule has 2 aliphatic heterocycles. The van der Waals surface area contributed by atoms with Gasteiger partial charge < -0.3 is 5.32 Å². The first-order chi connectivity index (χ1) is 15.1. The molecule has 1 saturated heterocycles. The molecule has 0 spiro atoms. The van der Waals surface area contributed by atoms with Crippen LogP contribution in [0.3, 0.4) is 0 Å². The summed E-state index contributed by atoms with van der Waals surface area (Å²) < 4.78 is 0. The predicted octanol–water partition coefficient (Wildman–Crippen LogP) is 3.09. The van der Waals surface area contributed by atoms with E-state index in [1.807, 2.05) is 6.07 Å². The van der Waals surface area contributed by atoms with Crippen molar-refractivity contribution in [2.45, 2.75) is 32.2 Å². The van der Waals surface area contributed by atoms with Gasteiger partial charge in [0, 0.05) is 32.6 Å². The number of amides is 3. The van der Waals surface area contributed by atoms with Gasteiger partial charge in [0.25, 0.3) is 11.8 Å². The van der Waals surface area contributed by atoms with Crippen molar-refractivity contribution < 1.29 is 14.4 Å². The van der Waals surface area contributed by atoms with Crippen molar-refractivity contribution in [2.24, 2.45) is 5.92 Å². The number of imide groups is 1. The lowest BCUT2D eigenvalue weighted by Crippen LogP contribution is -2.40. The molecular formula is C25H29N3O3. The Balaban J connectivity index is 1.17.